The molecule has 0 unspecified atom stereocenters. The van der Waals surface area contributed by atoms with E-state index in [0.717, 1.165) is 12.3 Å². The van der Waals surface area contributed by atoms with Crippen molar-refractivity contribution >= 4 is 5.91 Å². The van der Waals surface area contributed by atoms with Crippen LogP contribution in [0.25, 0.3) is 11.1 Å². The van der Waals surface area contributed by atoms with Crippen molar-refractivity contribution in [3.8, 4) is 11.1 Å². The lowest BCUT2D eigenvalue weighted by Crippen LogP contribution is -2.28. The van der Waals surface area contributed by atoms with E-state index >= 15 is 4.39 Å². The fourth-order valence-electron chi connectivity index (χ4n) is 4.13. The van der Waals surface area contributed by atoms with Gasteiger partial charge in [-0.25, -0.2) is 8.78 Å². The first-order chi connectivity index (χ1) is 17.9. The maximum Gasteiger partial charge on any atom is 0.433 e. The average Bonchev–Trinajstić information content (AvgIpc) is 3.18. The maximum atomic E-state index is 15.8. The molecule has 0 saturated heterocycles. The number of alkyl halides is 3. The smallest absolute Gasteiger partial charge is 0.345 e. The molecule has 2 heterocycles. The Kier molecular flexibility index (Phi) is 7.21. The molecule has 4 rings (SSSR count). The van der Waals surface area contributed by atoms with Gasteiger partial charge in [0, 0.05) is 36.8 Å². The number of hydrogen-bond donors (Lipinski definition) is 2. The molecule has 2 aromatic heterocycles. The molecule has 0 aliphatic carbocycles. The summed E-state index contributed by atoms with van der Waals surface area (Å²) >= 11 is 0. The van der Waals surface area contributed by atoms with E-state index in [9.17, 15) is 22.4 Å². The molecule has 11 heteroatoms. The number of carbonyl (C=O) groups is 1. The summed E-state index contributed by atoms with van der Waals surface area (Å²) in [4.78, 5) is 16.6. The number of carbonyl (C=O) groups excluding carboxylic acids is 1. The van der Waals surface area contributed by atoms with Gasteiger partial charge in [-0.15, -0.1) is 0 Å². The molecule has 198 valence electrons. The van der Waals surface area contributed by atoms with E-state index in [4.69, 9.17) is 5.41 Å². The molecule has 1 amide bonds. The first kappa shape index (κ1) is 26.8. The summed E-state index contributed by atoms with van der Waals surface area (Å²) in [5, 5.41) is 10.8. The van der Waals surface area contributed by atoms with E-state index in [-0.39, 0.29) is 12.2 Å². The summed E-state index contributed by atoms with van der Waals surface area (Å²) in [5.41, 5.74) is -1.38. The Morgan fingerprint density at radius 3 is 2.47 bits per heavy atom. The largest absolute Gasteiger partial charge is 0.433 e. The van der Waals surface area contributed by atoms with Crippen molar-refractivity contribution in [2.24, 2.45) is 7.05 Å². The lowest BCUT2D eigenvalue weighted by atomic mass is 9.96. The minimum atomic E-state index is -4.86. The zero-order valence-electron chi connectivity index (χ0n) is 20.7. The van der Waals surface area contributed by atoms with E-state index in [2.05, 4.69) is 10.3 Å². The molecular weight excluding hydrogens is 505 g/mol. The molecule has 0 fully saturated rings. The first-order valence-corrected chi connectivity index (χ1v) is 11.5. The lowest BCUT2D eigenvalue weighted by Gasteiger charge is -2.18. The van der Waals surface area contributed by atoms with Crippen molar-refractivity contribution < 1.29 is 26.7 Å². The second-order valence-electron chi connectivity index (χ2n) is 8.97. The number of benzene rings is 2. The van der Waals surface area contributed by atoms with Crippen molar-refractivity contribution in [3.63, 3.8) is 0 Å². The maximum absolute atomic E-state index is 15.8. The van der Waals surface area contributed by atoms with Crippen LogP contribution in [0, 0.1) is 24.0 Å². The zero-order chi connectivity index (χ0) is 27.8. The minimum absolute atomic E-state index is 0.00154. The van der Waals surface area contributed by atoms with Gasteiger partial charge < -0.3 is 14.5 Å². The van der Waals surface area contributed by atoms with Gasteiger partial charge in [-0.1, -0.05) is 18.2 Å². The van der Waals surface area contributed by atoms with Crippen molar-refractivity contribution in [3.05, 3.63) is 106 Å². The molecule has 1 atom stereocenters. The van der Waals surface area contributed by atoms with Gasteiger partial charge in [0.2, 0.25) is 5.62 Å². The highest BCUT2D eigenvalue weighted by Crippen LogP contribution is 2.37. The van der Waals surface area contributed by atoms with Crippen LogP contribution >= 0.6 is 0 Å². The fourth-order valence-corrected chi connectivity index (χ4v) is 4.13. The molecule has 0 bridgehead atoms. The Morgan fingerprint density at radius 1 is 1.11 bits per heavy atom. The van der Waals surface area contributed by atoms with Crippen molar-refractivity contribution in [2.75, 3.05) is 0 Å². The van der Waals surface area contributed by atoms with Crippen LogP contribution in [-0.4, -0.2) is 20.0 Å². The highest BCUT2D eigenvalue weighted by Gasteiger charge is 2.36. The van der Waals surface area contributed by atoms with Gasteiger partial charge in [-0.3, -0.25) is 15.2 Å². The van der Waals surface area contributed by atoms with Crippen LogP contribution in [0.4, 0.5) is 22.0 Å². The van der Waals surface area contributed by atoms with E-state index in [1.54, 1.807) is 39.4 Å². The van der Waals surface area contributed by atoms with Gasteiger partial charge in [0.15, 0.2) is 5.69 Å². The number of halogens is 5. The van der Waals surface area contributed by atoms with Gasteiger partial charge in [0.05, 0.1) is 18.2 Å². The average molecular weight is 530 g/mol. The van der Waals surface area contributed by atoms with E-state index in [0.29, 0.717) is 16.7 Å². The summed E-state index contributed by atoms with van der Waals surface area (Å²) in [6.45, 7) is 3.20. The molecule has 6 nitrogen and oxygen atoms in total. The number of aromatic nitrogens is 3. The van der Waals surface area contributed by atoms with E-state index < -0.39 is 52.1 Å². The molecule has 0 aliphatic heterocycles. The first-order valence-electron chi connectivity index (χ1n) is 11.5. The van der Waals surface area contributed by atoms with Gasteiger partial charge in [-0.2, -0.15) is 13.2 Å². The van der Waals surface area contributed by atoms with Gasteiger partial charge in [0.25, 0.3) is 5.91 Å². The van der Waals surface area contributed by atoms with Crippen molar-refractivity contribution in [1.29, 1.82) is 5.41 Å². The summed E-state index contributed by atoms with van der Waals surface area (Å²) < 4.78 is 73.7. The van der Waals surface area contributed by atoms with Gasteiger partial charge in [-0.05, 0) is 54.8 Å². The van der Waals surface area contributed by atoms with Crippen LogP contribution in [0.2, 0.25) is 0 Å². The number of pyridine rings is 1. The number of amides is 1. The highest BCUT2D eigenvalue weighted by atomic mass is 19.4. The van der Waals surface area contributed by atoms with Gasteiger partial charge in [0.1, 0.15) is 11.6 Å². The zero-order valence-corrected chi connectivity index (χ0v) is 20.7. The third kappa shape index (κ3) is 5.36. The van der Waals surface area contributed by atoms with Crippen molar-refractivity contribution in [1.82, 2.24) is 19.4 Å². The minimum Gasteiger partial charge on any atom is -0.345 e. The molecule has 0 saturated carbocycles. The van der Waals surface area contributed by atoms with Crippen LogP contribution < -0.4 is 10.9 Å². The SMILES string of the molecule is Cc1cc([C@H](C)NC(=O)c2cc(Cn3ccn(C)c3=N)cc(-c3cccnc3C(F)(F)F)c2F)ccc1F. The Morgan fingerprint density at radius 2 is 1.84 bits per heavy atom. The number of imidazole rings is 1. The third-order valence-corrected chi connectivity index (χ3v) is 6.20. The van der Waals surface area contributed by atoms with E-state index in [1.165, 1.54) is 39.5 Å². The molecule has 2 aromatic carbocycles. The standard InChI is InChI=1S/C27H24F5N5O/c1-15-11-18(6-7-22(15)28)16(2)35-25(38)21-13-17(14-37-10-9-36(3)26(37)33)12-20(23(21)29)19-5-4-8-34-24(19)27(30,31)32/h4-13,16,33H,14H2,1-3H3,(H,35,38)/t16-/m0/s1. The predicted octanol–water partition coefficient (Wildman–Crippen LogP) is 5.51. The second kappa shape index (κ2) is 10.2. The molecule has 2 N–H and O–H groups in total. The van der Waals surface area contributed by atoms with E-state index in [1.807, 2.05) is 0 Å². The monoisotopic (exact) mass is 529 g/mol. The number of nitrogens with zero attached hydrogens (tertiary/aromatic N) is 3. The summed E-state index contributed by atoms with van der Waals surface area (Å²) in [6, 6.07) is 8.46. The Labute approximate surface area is 214 Å². The highest BCUT2D eigenvalue weighted by molar-refractivity contribution is 5.96. The van der Waals surface area contributed by atoms with Gasteiger partial charge >= 0.3 is 6.18 Å². The Bertz CT molecular complexity index is 1570. The Balaban J connectivity index is 1.81. The summed E-state index contributed by atoms with van der Waals surface area (Å²) in [7, 11) is 1.65. The van der Waals surface area contributed by atoms with Crippen LogP contribution in [0.5, 0.6) is 0 Å². The third-order valence-electron chi connectivity index (χ3n) is 6.20. The normalized spacial score (nSPS) is 12.4. The molecule has 4 aromatic rings. The Hall–Kier alpha value is -4.28. The number of hydrogen-bond acceptors (Lipinski definition) is 3. The molecule has 38 heavy (non-hydrogen) atoms. The summed E-state index contributed by atoms with van der Waals surface area (Å²) in [6.07, 6.45) is -0.690. The number of nitrogens with one attached hydrogen (secondary N) is 2. The second-order valence-corrected chi connectivity index (χ2v) is 8.97. The molecule has 0 radical (unpaired) electrons. The predicted molar refractivity (Wildman–Crippen MR) is 130 cm³/mol. The lowest BCUT2D eigenvalue weighted by molar-refractivity contribution is -0.140. The topological polar surface area (TPSA) is 75.7 Å². The number of rotatable bonds is 6. The molecule has 0 spiro atoms. The van der Waals surface area contributed by atoms with Crippen LogP contribution in [0.1, 0.15) is 45.7 Å². The van der Waals surface area contributed by atoms with Crippen molar-refractivity contribution in [2.45, 2.75) is 32.6 Å². The van der Waals surface area contributed by atoms with Crippen LogP contribution in [-0.2, 0) is 19.8 Å². The fraction of sp³-hybridized carbons (Fsp3) is 0.222. The van der Waals surface area contributed by atoms with Crippen LogP contribution in [0.15, 0.2) is 61.1 Å². The van der Waals surface area contributed by atoms with Crippen LogP contribution in [0.3, 0.4) is 0 Å². The molecular formula is C27H24F5N5O. The quantitative estimate of drug-likeness (QED) is 0.323. The molecule has 0 aliphatic rings. The summed E-state index contributed by atoms with van der Waals surface area (Å²) in [5.74, 6) is -2.42. The number of aryl methyl sites for hydroxylation is 2.